The average molecular weight is 368 g/mol. The number of carbonyl (C=O) groups excluding carboxylic acids is 3. The minimum Gasteiger partial charge on any atom is -0.353 e. The molecule has 1 aliphatic rings. The second-order valence-electron chi connectivity index (χ2n) is 5.44. The first-order chi connectivity index (χ1) is 11.4. The Balaban J connectivity index is 2.01. The molecule has 6 nitrogen and oxygen atoms in total. The maximum Gasteiger partial charge on any atom is 0.294 e. The van der Waals surface area contributed by atoms with E-state index in [0.29, 0.717) is 23.7 Å². The van der Waals surface area contributed by atoms with Crippen LogP contribution in [0.2, 0.25) is 5.02 Å². The van der Waals surface area contributed by atoms with Crippen LogP contribution in [0.3, 0.4) is 0 Å². The van der Waals surface area contributed by atoms with E-state index in [-0.39, 0.29) is 17.4 Å². The molecule has 1 aromatic rings. The summed E-state index contributed by atoms with van der Waals surface area (Å²) in [5.41, 5.74) is 0.653. The number of imide groups is 1. The Kier molecular flexibility index (Phi) is 6.42. The molecule has 0 aromatic heterocycles. The zero-order valence-corrected chi connectivity index (χ0v) is 15.0. The Morgan fingerprint density at radius 2 is 2.04 bits per heavy atom. The molecule has 128 valence electrons. The van der Waals surface area contributed by atoms with E-state index in [1.807, 2.05) is 19.0 Å². The van der Waals surface area contributed by atoms with Crippen molar-refractivity contribution in [3.05, 3.63) is 39.8 Å². The number of nitrogens with one attached hydrogen (secondary N) is 1. The lowest BCUT2D eigenvalue weighted by Gasteiger charge is -2.14. The van der Waals surface area contributed by atoms with Crippen LogP contribution in [-0.4, -0.2) is 60.6 Å². The Bertz CT molecular complexity index is 691. The molecule has 1 aromatic carbocycles. The van der Waals surface area contributed by atoms with Crippen molar-refractivity contribution in [2.75, 3.05) is 33.7 Å². The summed E-state index contributed by atoms with van der Waals surface area (Å²) in [6.45, 7) is 0.857. The highest BCUT2D eigenvalue weighted by Crippen LogP contribution is 2.33. The van der Waals surface area contributed by atoms with Crippen LogP contribution in [0.15, 0.2) is 29.2 Å². The highest BCUT2D eigenvalue weighted by atomic mass is 35.5. The number of hydrogen-bond acceptors (Lipinski definition) is 5. The Morgan fingerprint density at radius 1 is 1.33 bits per heavy atom. The van der Waals surface area contributed by atoms with Gasteiger partial charge in [0.25, 0.3) is 11.1 Å². The molecule has 0 atom stereocenters. The van der Waals surface area contributed by atoms with Crippen LogP contribution in [0.5, 0.6) is 0 Å². The van der Waals surface area contributed by atoms with Gasteiger partial charge in [-0.05, 0) is 43.6 Å². The van der Waals surface area contributed by atoms with E-state index in [4.69, 9.17) is 11.6 Å². The van der Waals surface area contributed by atoms with E-state index in [2.05, 4.69) is 5.32 Å². The van der Waals surface area contributed by atoms with E-state index in [0.717, 1.165) is 16.7 Å². The van der Waals surface area contributed by atoms with E-state index >= 15 is 0 Å². The average Bonchev–Trinajstić information content (AvgIpc) is 2.77. The molecule has 3 amide bonds. The Labute approximate surface area is 149 Å². The lowest BCUT2D eigenvalue weighted by atomic mass is 10.2. The van der Waals surface area contributed by atoms with Crippen molar-refractivity contribution in [1.82, 2.24) is 15.1 Å². The molecule has 1 saturated heterocycles. The molecule has 0 unspecified atom stereocenters. The Hall–Kier alpha value is -1.83. The first-order valence-electron chi connectivity index (χ1n) is 7.30. The predicted octanol–water partition coefficient (Wildman–Crippen LogP) is 2.05. The molecule has 0 spiro atoms. The number of thioether (sulfide) groups is 1. The number of rotatable bonds is 6. The van der Waals surface area contributed by atoms with Gasteiger partial charge >= 0.3 is 0 Å². The van der Waals surface area contributed by atoms with E-state index in [1.165, 1.54) is 0 Å². The van der Waals surface area contributed by atoms with Crippen molar-refractivity contribution < 1.29 is 14.4 Å². The van der Waals surface area contributed by atoms with Crippen LogP contribution < -0.4 is 5.32 Å². The highest BCUT2D eigenvalue weighted by molar-refractivity contribution is 8.18. The molecule has 1 heterocycles. The second-order valence-corrected chi connectivity index (χ2v) is 6.84. The number of amides is 3. The molecule has 8 heteroatoms. The van der Waals surface area contributed by atoms with Gasteiger partial charge in [0.2, 0.25) is 5.91 Å². The number of nitrogens with zero attached hydrogens (tertiary/aromatic N) is 2. The van der Waals surface area contributed by atoms with Crippen LogP contribution >= 0.6 is 23.4 Å². The topological polar surface area (TPSA) is 69.7 Å². The maximum absolute atomic E-state index is 12.3. The van der Waals surface area contributed by atoms with Gasteiger partial charge in [-0.1, -0.05) is 29.8 Å². The zero-order valence-electron chi connectivity index (χ0n) is 13.4. The van der Waals surface area contributed by atoms with Gasteiger partial charge < -0.3 is 10.2 Å². The van der Waals surface area contributed by atoms with Crippen molar-refractivity contribution >= 4 is 46.5 Å². The minimum atomic E-state index is -0.479. The first kappa shape index (κ1) is 18.5. The lowest BCUT2D eigenvalue weighted by molar-refractivity contribution is -0.129. The van der Waals surface area contributed by atoms with Crippen molar-refractivity contribution in [2.45, 2.75) is 0 Å². The van der Waals surface area contributed by atoms with Gasteiger partial charge in [-0.3, -0.25) is 19.3 Å². The van der Waals surface area contributed by atoms with Crippen LogP contribution in [0.1, 0.15) is 5.56 Å². The normalized spacial score (nSPS) is 16.3. The zero-order chi connectivity index (χ0) is 17.7. The summed E-state index contributed by atoms with van der Waals surface area (Å²) in [4.78, 5) is 39.3. The maximum atomic E-state index is 12.3. The third kappa shape index (κ3) is 4.83. The van der Waals surface area contributed by atoms with Crippen molar-refractivity contribution in [3.63, 3.8) is 0 Å². The number of carbonyl (C=O) groups is 3. The fraction of sp³-hybridized carbons (Fsp3) is 0.312. The quantitative estimate of drug-likeness (QED) is 0.779. The summed E-state index contributed by atoms with van der Waals surface area (Å²) in [5.74, 6) is -0.842. The van der Waals surface area contributed by atoms with Gasteiger partial charge in [-0.25, -0.2) is 0 Å². The van der Waals surface area contributed by atoms with Crippen molar-refractivity contribution in [1.29, 1.82) is 0 Å². The second kappa shape index (κ2) is 8.32. The standard InChI is InChI=1S/C16H18ClN3O3S/c1-19(2)8-7-18-14(21)10-20-15(22)13(24-16(20)23)9-11-5-3-4-6-12(11)17/h3-6,9H,7-8,10H2,1-2H3,(H,18,21)/b13-9-. The first-order valence-corrected chi connectivity index (χ1v) is 8.49. The van der Waals surface area contributed by atoms with Gasteiger partial charge in [0.15, 0.2) is 0 Å². The smallest absolute Gasteiger partial charge is 0.294 e. The third-order valence-electron chi connectivity index (χ3n) is 3.25. The number of likely N-dealkylation sites (N-methyl/N-ethyl adjacent to an activating group) is 1. The third-order valence-corrected chi connectivity index (χ3v) is 4.50. The molecular weight excluding hydrogens is 350 g/mol. The monoisotopic (exact) mass is 367 g/mol. The summed E-state index contributed by atoms with van der Waals surface area (Å²) < 4.78 is 0. The van der Waals surface area contributed by atoms with Gasteiger partial charge in [-0.15, -0.1) is 0 Å². The predicted molar refractivity (Wildman–Crippen MR) is 95.7 cm³/mol. The molecule has 0 saturated carbocycles. The minimum absolute atomic E-state index is 0.259. The van der Waals surface area contributed by atoms with Crippen LogP contribution in [0.25, 0.3) is 6.08 Å². The van der Waals surface area contributed by atoms with Crippen LogP contribution in [0, 0.1) is 0 Å². The summed E-state index contributed by atoms with van der Waals surface area (Å²) >= 11 is 6.87. The SMILES string of the molecule is CN(C)CCNC(=O)CN1C(=O)S/C(=C\c2ccccc2Cl)C1=O. The summed E-state index contributed by atoms with van der Waals surface area (Å²) in [5, 5.41) is 2.71. The van der Waals surface area contributed by atoms with Gasteiger partial charge in [0.05, 0.1) is 4.91 Å². The van der Waals surface area contributed by atoms with E-state index in [9.17, 15) is 14.4 Å². The van der Waals surface area contributed by atoms with Crippen molar-refractivity contribution in [2.24, 2.45) is 0 Å². The van der Waals surface area contributed by atoms with E-state index in [1.54, 1.807) is 30.3 Å². The Morgan fingerprint density at radius 3 is 2.71 bits per heavy atom. The van der Waals surface area contributed by atoms with Crippen molar-refractivity contribution in [3.8, 4) is 0 Å². The molecule has 1 aliphatic heterocycles. The molecule has 1 N–H and O–H groups in total. The summed E-state index contributed by atoms with van der Waals surface area (Å²) in [6, 6.07) is 7.03. The molecule has 1 fully saturated rings. The van der Waals surface area contributed by atoms with Gasteiger partial charge in [0, 0.05) is 18.1 Å². The van der Waals surface area contributed by atoms with Crippen LogP contribution in [0.4, 0.5) is 4.79 Å². The molecule has 24 heavy (non-hydrogen) atoms. The molecule has 0 radical (unpaired) electrons. The lowest BCUT2D eigenvalue weighted by Crippen LogP contribution is -2.41. The fourth-order valence-electron chi connectivity index (χ4n) is 1.99. The molecule has 0 bridgehead atoms. The summed E-state index contributed by atoms with van der Waals surface area (Å²) in [6.07, 6.45) is 1.57. The molecular formula is C16H18ClN3O3S. The number of halogens is 1. The fourth-order valence-corrected chi connectivity index (χ4v) is 3.01. The highest BCUT2D eigenvalue weighted by Gasteiger charge is 2.36. The van der Waals surface area contributed by atoms with E-state index < -0.39 is 11.1 Å². The van der Waals surface area contributed by atoms with Crippen LogP contribution in [-0.2, 0) is 9.59 Å². The largest absolute Gasteiger partial charge is 0.353 e. The number of hydrogen-bond donors (Lipinski definition) is 1. The number of benzene rings is 1. The summed E-state index contributed by atoms with van der Waals surface area (Å²) in [7, 11) is 3.78. The van der Waals surface area contributed by atoms with Gasteiger partial charge in [-0.2, -0.15) is 0 Å². The molecule has 2 rings (SSSR count). The molecule has 0 aliphatic carbocycles. The van der Waals surface area contributed by atoms with Gasteiger partial charge in [0.1, 0.15) is 6.54 Å².